The molecule has 15 heteroatoms. The van der Waals surface area contributed by atoms with Crippen LogP contribution in [-0.2, 0) is 31.9 Å². The first-order valence-corrected chi connectivity index (χ1v) is 15.5. The summed E-state index contributed by atoms with van der Waals surface area (Å²) in [5.41, 5.74) is 8.02. The van der Waals surface area contributed by atoms with Crippen LogP contribution in [0.15, 0.2) is 79.9 Å². The maximum absolute atomic E-state index is 12.3. The molecule has 0 aliphatic heterocycles. The van der Waals surface area contributed by atoms with Gasteiger partial charge in [0.2, 0.25) is 10.0 Å². The van der Waals surface area contributed by atoms with Crippen molar-refractivity contribution in [3.63, 3.8) is 0 Å². The van der Waals surface area contributed by atoms with Crippen LogP contribution in [0, 0.1) is 19.7 Å². The van der Waals surface area contributed by atoms with Crippen molar-refractivity contribution in [1.82, 2.24) is 15.0 Å². The highest BCUT2D eigenvalue weighted by molar-refractivity contribution is 8.13. The molecule has 0 fully saturated rings. The lowest BCUT2D eigenvalue weighted by atomic mass is 10.1. The summed E-state index contributed by atoms with van der Waals surface area (Å²) >= 11 is 5.77. The fourth-order valence-corrected chi connectivity index (χ4v) is 5.18. The first-order valence-electron chi connectivity index (χ1n) is 11.3. The first kappa shape index (κ1) is 32.4. The molecule has 2 aromatic carbocycles. The lowest BCUT2D eigenvalue weighted by Gasteiger charge is -2.05. The number of halogens is 3. The number of nitrogens with two attached hydrogens (primary N) is 1. The summed E-state index contributed by atoms with van der Waals surface area (Å²) in [6.45, 7) is 4.00. The van der Waals surface area contributed by atoms with Crippen LogP contribution in [0.2, 0.25) is 5.02 Å². The van der Waals surface area contributed by atoms with E-state index >= 15 is 0 Å². The monoisotopic (exact) mass is 620 g/mol. The van der Waals surface area contributed by atoms with E-state index in [0.717, 1.165) is 30.1 Å². The summed E-state index contributed by atoms with van der Waals surface area (Å²) in [7, 11) is -2.26. The molecule has 39 heavy (non-hydrogen) atoms. The number of nitrogens with zero attached hydrogens (tertiary/aromatic N) is 2. The van der Waals surface area contributed by atoms with E-state index < -0.39 is 19.1 Å². The second-order valence-corrected chi connectivity index (χ2v) is 12.6. The number of benzene rings is 2. The number of hydrogen-bond acceptors (Lipinski definition) is 9. The summed E-state index contributed by atoms with van der Waals surface area (Å²) in [5, 5.41) is 7.55. The standard InChI is InChI=1S/C12H13ClN2O3S.C8H10FN.C4H4ClNO3S/c1-9-12(8-18-15-9)19(16,17)14-7-6-10-2-4-11(13)5-3-10;9-8-3-1-7(2-4-8)5-6-10;1-3-4(2-9-6-3)10(5,7)8/h2-5,8,14H,6-7H2,1H3;1-4H,5-6,10H2;2H,1H3. The predicted octanol–water partition coefficient (Wildman–Crippen LogP) is 4.39. The number of aryl methyl sites for hydroxylation is 2. The van der Waals surface area contributed by atoms with Crippen molar-refractivity contribution in [2.45, 2.75) is 36.5 Å². The molecule has 0 spiro atoms. The van der Waals surface area contributed by atoms with Crippen LogP contribution < -0.4 is 10.5 Å². The van der Waals surface area contributed by atoms with Gasteiger partial charge < -0.3 is 14.8 Å². The van der Waals surface area contributed by atoms with Gasteiger partial charge in [-0.15, -0.1) is 0 Å². The molecule has 0 unspecified atom stereocenters. The van der Waals surface area contributed by atoms with Crippen molar-refractivity contribution >= 4 is 41.4 Å². The molecule has 0 bridgehead atoms. The van der Waals surface area contributed by atoms with Crippen LogP contribution in [0.25, 0.3) is 0 Å². The van der Waals surface area contributed by atoms with Crippen molar-refractivity contribution in [1.29, 1.82) is 0 Å². The van der Waals surface area contributed by atoms with Crippen LogP contribution in [0.5, 0.6) is 0 Å². The number of sulfonamides is 1. The van der Waals surface area contributed by atoms with Crippen molar-refractivity contribution in [3.8, 4) is 0 Å². The highest BCUT2D eigenvalue weighted by Crippen LogP contribution is 2.17. The fourth-order valence-electron chi connectivity index (χ4n) is 2.94. The minimum atomic E-state index is -3.67. The van der Waals surface area contributed by atoms with Gasteiger partial charge >= 0.3 is 0 Å². The summed E-state index contributed by atoms with van der Waals surface area (Å²) in [5.74, 6) is -0.194. The van der Waals surface area contributed by atoms with Crippen molar-refractivity contribution in [2.75, 3.05) is 13.1 Å². The topological polar surface area (TPSA) is 158 Å². The zero-order valence-corrected chi connectivity index (χ0v) is 24.1. The Hall–Kier alpha value is -2.81. The molecule has 0 radical (unpaired) electrons. The molecule has 2 aromatic heterocycles. The van der Waals surface area contributed by atoms with E-state index in [9.17, 15) is 21.2 Å². The molecule has 0 aliphatic carbocycles. The van der Waals surface area contributed by atoms with E-state index in [1.807, 2.05) is 12.1 Å². The second-order valence-electron chi connectivity index (χ2n) is 7.91. The van der Waals surface area contributed by atoms with Gasteiger partial charge in [0.25, 0.3) is 9.05 Å². The molecule has 3 N–H and O–H groups in total. The third-order valence-electron chi connectivity index (χ3n) is 4.93. The molecule has 0 aliphatic rings. The molecule has 4 rings (SSSR count). The Labute approximate surface area is 235 Å². The molecular weight excluding hydrogens is 594 g/mol. The molecule has 4 aromatic rings. The van der Waals surface area contributed by atoms with Gasteiger partial charge in [0, 0.05) is 22.2 Å². The average molecular weight is 622 g/mol. The molecule has 2 heterocycles. The molecule has 0 saturated heterocycles. The average Bonchev–Trinajstić information content (AvgIpc) is 3.51. The lowest BCUT2D eigenvalue weighted by molar-refractivity contribution is 0.413. The molecule has 0 atom stereocenters. The summed E-state index contributed by atoms with van der Waals surface area (Å²) in [4.78, 5) is -0.00206. The van der Waals surface area contributed by atoms with E-state index in [-0.39, 0.29) is 21.3 Å². The van der Waals surface area contributed by atoms with E-state index in [0.29, 0.717) is 30.2 Å². The number of rotatable bonds is 8. The molecular formula is C24H27Cl2FN4O6S2. The normalized spacial score (nSPS) is 11.2. The SMILES string of the molecule is Cc1nocc1S(=O)(=O)Cl.Cc1nocc1S(=O)(=O)NCCc1ccc(Cl)cc1.NCCc1ccc(F)cc1. The van der Waals surface area contributed by atoms with E-state index in [1.165, 1.54) is 19.1 Å². The molecule has 0 saturated carbocycles. The number of nitrogens with one attached hydrogen (secondary N) is 1. The number of aromatic nitrogens is 2. The number of hydrogen-bond donors (Lipinski definition) is 2. The Kier molecular flexibility index (Phi) is 12.5. The Morgan fingerprint density at radius 2 is 1.33 bits per heavy atom. The van der Waals surface area contributed by atoms with E-state index in [2.05, 4.69) is 24.1 Å². The maximum Gasteiger partial charge on any atom is 0.266 e. The van der Waals surface area contributed by atoms with Crippen molar-refractivity contribution < 1.29 is 30.3 Å². The highest BCUT2D eigenvalue weighted by atomic mass is 35.7. The van der Waals surface area contributed by atoms with Crippen molar-refractivity contribution in [2.24, 2.45) is 5.73 Å². The zero-order chi connectivity index (χ0) is 29.1. The minimum absolute atomic E-state index is 0.0728. The zero-order valence-electron chi connectivity index (χ0n) is 21.0. The Balaban J connectivity index is 0.000000225. The lowest BCUT2D eigenvalue weighted by Crippen LogP contribution is -2.26. The third kappa shape index (κ3) is 11.1. The van der Waals surface area contributed by atoms with Crippen LogP contribution >= 0.6 is 22.3 Å². The summed E-state index contributed by atoms with van der Waals surface area (Å²) < 4.78 is 68.8. The summed E-state index contributed by atoms with van der Waals surface area (Å²) in [6, 6.07) is 13.7. The third-order valence-corrected chi connectivity index (χ3v) is 8.15. The predicted molar refractivity (Wildman–Crippen MR) is 145 cm³/mol. The van der Waals surface area contributed by atoms with Crippen LogP contribution in [0.1, 0.15) is 22.5 Å². The van der Waals surface area contributed by atoms with Gasteiger partial charge in [-0.3, -0.25) is 0 Å². The van der Waals surface area contributed by atoms with Crippen molar-refractivity contribution in [3.05, 3.63) is 94.4 Å². The molecule has 212 valence electrons. The first-order chi connectivity index (χ1) is 18.3. The van der Waals surface area contributed by atoms with Gasteiger partial charge in [0.15, 0.2) is 0 Å². The van der Waals surface area contributed by atoms with Crippen LogP contribution in [-0.4, -0.2) is 40.2 Å². The van der Waals surface area contributed by atoms with E-state index in [4.69, 9.17) is 28.0 Å². The minimum Gasteiger partial charge on any atom is -0.363 e. The largest absolute Gasteiger partial charge is 0.363 e. The smallest absolute Gasteiger partial charge is 0.266 e. The quantitative estimate of drug-likeness (QED) is 0.272. The Bertz CT molecular complexity index is 1530. The van der Waals surface area contributed by atoms with Crippen LogP contribution in [0.4, 0.5) is 4.39 Å². The maximum atomic E-state index is 12.3. The van der Waals surface area contributed by atoms with Gasteiger partial charge in [-0.1, -0.05) is 46.2 Å². The molecule has 10 nitrogen and oxygen atoms in total. The second kappa shape index (κ2) is 15.1. The fraction of sp³-hybridized carbons (Fsp3) is 0.250. The van der Waals surface area contributed by atoms with Gasteiger partial charge in [0.1, 0.15) is 39.5 Å². The van der Waals surface area contributed by atoms with Gasteiger partial charge in [-0.05, 0) is 68.6 Å². The van der Waals surface area contributed by atoms with Gasteiger partial charge in [0.05, 0.1) is 0 Å². The Morgan fingerprint density at radius 1 is 0.846 bits per heavy atom. The summed E-state index contributed by atoms with van der Waals surface area (Å²) in [6.07, 6.45) is 3.53. The van der Waals surface area contributed by atoms with Gasteiger partial charge in [-0.2, -0.15) is 0 Å². The highest BCUT2D eigenvalue weighted by Gasteiger charge is 2.19. The van der Waals surface area contributed by atoms with Crippen LogP contribution in [0.3, 0.4) is 0 Å². The Morgan fingerprint density at radius 3 is 1.77 bits per heavy atom. The van der Waals surface area contributed by atoms with E-state index in [1.54, 1.807) is 31.2 Å². The molecule has 0 amide bonds. The van der Waals surface area contributed by atoms with Gasteiger partial charge in [-0.25, -0.2) is 25.9 Å².